The van der Waals surface area contributed by atoms with Gasteiger partial charge >= 0.3 is 5.97 Å². The third-order valence-corrected chi connectivity index (χ3v) is 7.54. The second-order valence-corrected chi connectivity index (χ2v) is 10.2. The molecule has 0 bridgehead atoms. The predicted octanol–water partition coefficient (Wildman–Crippen LogP) is 6.45. The van der Waals surface area contributed by atoms with Crippen LogP contribution in [-0.4, -0.2) is 40.2 Å². The zero-order valence-electron chi connectivity index (χ0n) is 23.8. The van der Waals surface area contributed by atoms with Crippen molar-refractivity contribution in [1.82, 2.24) is 0 Å². The molecule has 7 nitrogen and oxygen atoms in total. The van der Waals surface area contributed by atoms with Gasteiger partial charge in [0, 0.05) is 23.1 Å². The van der Waals surface area contributed by atoms with Gasteiger partial charge in [0.25, 0.3) is 0 Å². The van der Waals surface area contributed by atoms with Gasteiger partial charge in [0.15, 0.2) is 11.5 Å². The van der Waals surface area contributed by atoms with Gasteiger partial charge in [-0.3, -0.25) is 0 Å². The van der Waals surface area contributed by atoms with E-state index in [1.54, 1.807) is 7.11 Å². The molecule has 1 aliphatic carbocycles. The van der Waals surface area contributed by atoms with Crippen LogP contribution in [0.5, 0.6) is 23.0 Å². The normalized spacial score (nSPS) is 15.0. The molecule has 0 unspecified atom stereocenters. The number of rotatable bonds is 10. The van der Waals surface area contributed by atoms with Crippen molar-refractivity contribution in [2.45, 2.75) is 19.4 Å². The summed E-state index contributed by atoms with van der Waals surface area (Å²) in [5.41, 5.74) is 7.11. The third-order valence-electron chi connectivity index (χ3n) is 7.54. The van der Waals surface area contributed by atoms with E-state index < -0.39 is 5.97 Å². The summed E-state index contributed by atoms with van der Waals surface area (Å²) in [6.45, 7) is 3.42. The first-order valence-electron chi connectivity index (χ1n) is 13.8. The summed E-state index contributed by atoms with van der Waals surface area (Å²) in [6.07, 6.45) is 0. The second kappa shape index (κ2) is 12.0. The van der Waals surface area contributed by atoms with E-state index >= 15 is 0 Å². The Kier molecular flexibility index (Phi) is 7.84. The highest BCUT2D eigenvalue weighted by Crippen LogP contribution is 2.52. The van der Waals surface area contributed by atoms with E-state index in [-0.39, 0.29) is 12.7 Å². The highest BCUT2D eigenvalue weighted by Gasteiger charge is 2.39. The predicted molar refractivity (Wildman–Crippen MR) is 158 cm³/mol. The maximum absolute atomic E-state index is 13.6. The molecule has 1 aliphatic heterocycles. The van der Waals surface area contributed by atoms with Crippen molar-refractivity contribution in [2.75, 3.05) is 34.2 Å². The number of hydrogen-bond donors (Lipinski definition) is 0. The summed E-state index contributed by atoms with van der Waals surface area (Å²) in [5.74, 6) is 1.80. The van der Waals surface area contributed by atoms with Gasteiger partial charge in [0.2, 0.25) is 6.79 Å². The van der Waals surface area contributed by atoms with Crippen molar-refractivity contribution in [3.05, 3.63) is 124 Å². The van der Waals surface area contributed by atoms with Gasteiger partial charge < -0.3 is 28.4 Å². The Morgan fingerprint density at radius 2 is 1.69 bits per heavy atom. The van der Waals surface area contributed by atoms with Crippen LogP contribution in [0.1, 0.15) is 39.3 Å². The quantitative estimate of drug-likeness (QED) is 0.162. The monoisotopic (exact) mass is 564 g/mol. The fourth-order valence-corrected chi connectivity index (χ4v) is 5.57. The Morgan fingerprint density at radius 3 is 2.50 bits per heavy atom. The van der Waals surface area contributed by atoms with E-state index in [4.69, 9.17) is 28.4 Å². The molecule has 4 aromatic carbocycles. The maximum Gasteiger partial charge on any atom is 0.335 e. The Bertz CT molecular complexity index is 1640. The summed E-state index contributed by atoms with van der Waals surface area (Å²) >= 11 is 0. The molecule has 0 amide bonds. The molecule has 0 aromatic heterocycles. The first-order chi connectivity index (χ1) is 20.6. The fraction of sp³-hybridized carbons (Fsp3) is 0.229. The molecular formula is C35H32O7. The minimum absolute atomic E-state index is 0.172. The van der Waals surface area contributed by atoms with Crippen molar-refractivity contribution in [3.8, 4) is 23.0 Å². The largest absolute Gasteiger partial charge is 0.497 e. The standard InChI is InChI=1S/C35H32O7/c1-22-9-12-26-28(17-22)33(34(35(36)38-3)32(26)24-10-14-29-31(18-24)42-21-41-29)27-13-11-25(37-2)19-30(27)40-16-15-39-20-23-7-5-4-6-8-23/h4-14,17-19,32H,15-16,20-21H2,1-3H3/t32-/m0/s1. The number of ether oxygens (including phenoxy) is 6. The molecule has 0 saturated carbocycles. The van der Waals surface area contributed by atoms with Gasteiger partial charge in [0.1, 0.15) is 18.1 Å². The summed E-state index contributed by atoms with van der Waals surface area (Å²) < 4.78 is 34.3. The van der Waals surface area contributed by atoms with E-state index in [1.165, 1.54) is 7.11 Å². The van der Waals surface area contributed by atoms with Crippen LogP contribution >= 0.6 is 0 Å². The summed E-state index contributed by atoms with van der Waals surface area (Å²) in [5, 5.41) is 0. The molecule has 1 atom stereocenters. The number of carbonyl (C=O) groups is 1. The van der Waals surface area contributed by atoms with E-state index in [1.807, 2.05) is 73.7 Å². The summed E-state index contributed by atoms with van der Waals surface area (Å²) in [4.78, 5) is 13.6. The van der Waals surface area contributed by atoms with Crippen LogP contribution in [0.25, 0.3) is 5.57 Å². The Hall–Kier alpha value is -4.75. The Balaban J connectivity index is 1.40. The number of hydrogen-bond acceptors (Lipinski definition) is 7. The zero-order valence-corrected chi connectivity index (χ0v) is 23.8. The zero-order chi connectivity index (χ0) is 29.1. The van der Waals surface area contributed by atoms with Gasteiger partial charge in [-0.2, -0.15) is 0 Å². The molecule has 0 fully saturated rings. The first kappa shape index (κ1) is 27.4. The molecular weight excluding hydrogens is 532 g/mol. The van der Waals surface area contributed by atoms with Crippen LogP contribution in [0.4, 0.5) is 0 Å². The number of fused-ring (bicyclic) bond motifs is 2. The van der Waals surface area contributed by atoms with Crippen molar-refractivity contribution in [2.24, 2.45) is 0 Å². The van der Waals surface area contributed by atoms with Crippen LogP contribution in [0.2, 0.25) is 0 Å². The van der Waals surface area contributed by atoms with Crippen LogP contribution in [0, 0.1) is 6.92 Å². The van der Waals surface area contributed by atoms with Crippen LogP contribution in [-0.2, 0) is 20.9 Å². The minimum Gasteiger partial charge on any atom is -0.497 e. The maximum atomic E-state index is 13.6. The number of esters is 1. The van der Waals surface area contributed by atoms with Gasteiger partial charge in [0.05, 0.1) is 33.0 Å². The van der Waals surface area contributed by atoms with Gasteiger partial charge in [-0.25, -0.2) is 4.79 Å². The number of benzene rings is 4. The molecule has 7 heteroatoms. The molecule has 0 radical (unpaired) electrons. The first-order valence-corrected chi connectivity index (χ1v) is 13.8. The molecule has 214 valence electrons. The highest BCUT2D eigenvalue weighted by molar-refractivity contribution is 6.08. The molecule has 1 heterocycles. The average Bonchev–Trinajstić information content (AvgIpc) is 3.62. The number of carbonyl (C=O) groups excluding carboxylic acids is 1. The average molecular weight is 565 g/mol. The minimum atomic E-state index is -0.408. The second-order valence-electron chi connectivity index (χ2n) is 10.2. The molecule has 2 aliphatic rings. The lowest BCUT2D eigenvalue weighted by Crippen LogP contribution is -2.13. The van der Waals surface area contributed by atoms with Crippen LogP contribution in [0.15, 0.2) is 90.5 Å². The molecule has 42 heavy (non-hydrogen) atoms. The molecule has 0 saturated heterocycles. The summed E-state index contributed by atoms with van der Waals surface area (Å²) in [6, 6.07) is 27.7. The molecule has 0 spiro atoms. The van der Waals surface area contributed by atoms with Crippen LogP contribution < -0.4 is 18.9 Å². The Morgan fingerprint density at radius 1 is 0.857 bits per heavy atom. The number of methoxy groups -OCH3 is 2. The van der Waals surface area contributed by atoms with Crippen molar-refractivity contribution < 1.29 is 33.2 Å². The smallest absolute Gasteiger partial charge is 0.335 e. The van der Waals surface area contributed by atoms with Crippen LogP contribution in [0.3, 0.4) is 0 Å². The molecule has 6 rings (SSSR count). The Labute approximate surface area is 245 Å². The highest BCUT2D eigenvalue weighted by atomic mass is 16.7. The fourth-order valence-electron chi connectivity index (χ4n) is 5.57. The van der Waals surface area contributed by atoms with Gasteiger partial charge in [-0.15, -0.1) is 0 Å². The SMILES string of the molecule is COC(=O)C1=C(c2ccc(OC)cc2OCCOCc2ccccc2)c2cc(C)ccc2[C@@H]1c1ccc2c(c1)OCO2. The number of aryl methyl sites for hydroxylation is 1. The topological polar surface area (TPSA) is 72.5 Å². The lowest BCUT2D eigenvalue weighted by molar-refractivity contribution is -0.136. The lowest BCUT2D eigenvalue weighted by Gasteiger charge is -2.18. The van der Waals surface area contributed by atoms with Crippen molar-refractivity contribution in [3.63, 3.8) is 0 Å². The van der Waals surface area contributed by atoms with Gasteiger partial charge in [-0.05, 0) is 53.4 Å². The van der Waals surface area contributed by atoms with E-state index in [0.29, 0.717) is 48.4 Å². The third kappa shape index (κ3) is 5.31. The summed E-state index contributed by atoms with van der Waals surface area (Å²) in [7, 11) is 3.03. The lowest BCUT2D eigenvalue weighted by atomic mass is 9.87. The molecule has 4 aromatic rings. The van der Waals surface area contributed by atoms with Gasteiger partial charge in [-0.1, -0.05) is 60.2 Å². The van der Waals surface area contributed by atoms with E-state index in [0.717, 1.165) is 39.0 Å². The van der Waals surface area contributed by atoms with E-state index in [9.17, 15) is 4.79 Å². The van der Waals surface area contributed by atoms with E-state index in [2.05, 4.69) is 18.2 Å². The van der Waals surface area contributed by atoms with Crippen molar-refractivity contribution >= 4 is 11.5 Å². The molecule has 0 N–H and O–H groups in total. The van der Waals surface area contributed by atoms with Crippen molar-refractivity contribution in [1.29, 1.82) is 0 Å².